The van der Waals surface area contributed by atoms with Gasteiger partial charge in [-0.2, -0.15) is 5.26 Å². The van der Waals surface area contributed by atoms with Crippen LogP contribution in [0.25, 0.3) is 10.9 Å². The quantitative estimate of drug-likeness (QED) is 0.678. The first kappa shape index (κ1) is 17.8. The Balaban J connectivity index is 1.68. The second-order valence-electron chi connectivity index (χ2n) is 5.56. The van der Waals surface area contributed by atoms with Crippen LogP contribution < -0.4 is 10.1 Å². The summed E-state index contributed by atoms with van der Waals surface area (Å²) in [6.07, 6.45) is 0. The Morgan fingerprint density at radius 3 is 2.77 bits per heavy atom. The highest BCUT2D eigenvalue weighted by atomic mass is 32.2. The minimum atomic E-state index is -0.0978. The molecular formula is C20H17N3O2S. The number of benzene rings is 2. The first-order valence-electron chi connectivity index (χ1n) is 8.02. The maximum absolute atomic E-state index is 12.1. The Morgan fingerprint density at radius 2 is 2.04 bits per heavy atom. The van der Waals surface area contributed by atoms with Crippen molar-refractivity contribution in [2.75, 3.05) is 12.9 Å². The van der Waals surface area contributed by atoms with Crippen molar-refractivity contribution in [2.45, 2.75) is 11.6 Å². The van der Waals surface area contributed by atoms with Gasteiger partial charge in [-0.1, -0.05) is 42.1 Å². The van der Waals surface area contributed by atoms with E-state index >= 15 is 0 Å². The molecule has 0 saturated carbocycles. The lowest BCUT2D eigenvalue weighted by Crippen LogP contribution is -2.24. The molecule has 0 atom stereocenters. The number of nitriles is 1. The van der Waals surface area contributed by atoms with Crippen LogP contribution in [0.15, 0.2) is 59.6 Å². The van der Waals surface area contributed by atoms with E-state index in [2.05, 4.69) is 16.4 Å². The summed E-state index contributed by atoms with van der Waals surface area (Å²) in [6, 6.07) is 19.1. The van der Waals surface area contributed by atoms with E-state index in [0.717, 1.165) is 16.5 Å². The fourth-order valence-electron chi connectivity index (χ4n) is 2.44. The number of pyridine rings is 1. The number of fused-ring (bicyclic) bond motifs is 1. The minimum Gasteiger partial charge on any atom is -0.497 e. The van der Waals surface area contributed by atoms with Crippen molar-refractivity contribution >= 4 is 28.6 Å². The lowest BCUT2D eigenvalue weighted by Gasteiger charge is -2.08. The summed E-state index contributed by atoms with van der Waals surface area (Å²) in [4.78, 5) is 16.6. The molecule has 0 unspecified atom stereocenters. The molecule has 3 rings (SSSR count). The molecule has 0 saturated heterocycles. The number of nitrogens with zero attached hydrogens (tertiary/aromatic N) is 2. The zero-order valence-electron chi connectivity index (χ0n) is 14.2. The molecule has 0 spiro atoms. The van der Waals surface area contributed by atoms with Gasteiger partial charge < -0.3 is 10.1 Å². The maximum atomic E-state index is 12.1. The van der Waals surface area contributed by atoms with Gasteiger partial charge in [0.15, 0.2) is 0 Å². The van der Waals surface area contributed by atoms with Crippen molar-refractivity contribution in [3.8, 4) is 11.8 Å². The summed E-state index contributed by atoms with van der Waals surface area (Å²) in [5, 5.41) is 13.6. The zero-order valence-corrected chi connectivity index (χ0v) is 15.0. The van der Waals surface area contributed by atoms with Crippen LogP contribution in [0.2, 0.25) is 0 Å². The lowest BCUT2D eigenvalue weighted by molar-refractivity contribution is -0.118. The number of carbonyl (C=O) groups is 1. The maximum Gasteiger partial charge on any atom is 0.230 e. The molecule has 1 aromatic heterocycles. The molecule has 130 valence electrons. The predicted molar refractivity (Wildman–Crippen MR) is 102 cm³/mol. The predicted octanol–water partition coefficient (Wildman–Crippen LogP) is 3.52. The van der Waals surface area contributed by atoms with E-state index in [4.69, 9.17) is 4.74 Å². The molecule has 3 aromatic rings. The first-order chi connectivity index (χ1) is 12.7. The van der Waals surface area contributed by atoms with Crippen LogP contribution in [0.3, 0.4) is 0 Å². The fourth-order valence-corrected chi connectivity index (χ4v) is 3.23. The topological polar surface area (TPSA) is 75.0 Å². The van der Waals surface area contributed by atoms with Crippen molar-refractivity contribution in [1.82, 2.24) is 10.3 Å². The summed E-state index contributed by atoms with van der Waals surface area (Å²) >= 11 is 1.26. The lowest BCUT2D eigenvalue weighted by atomic mass is 10.1. The van der Waals surface area contributed by atoms with Crippen LogP contribution in [0.1, 0.15) is 11.1 Å². The summed E-state index contributed by atoms with van der Waals surface area (Å²) in [6.45, 7) is 0.482. The smallest absolute Gasteiger partial charge is 0.230 e. The molecule has 1 amide bonds. The largest absolute Gasteiger partial charge is 0.497 e. The SMILES string of the molecule is COc1ccc2nc(SCC(=O)NCc3ccccc3)c(C#N)cc2c1. The van der Waals surface area contributed by atoms with E-state index in [0.29, 0.717) is 22.9 Å². The number of thioether (sulfide) groups is 1. The van der Waals surface area contributed by atoms with Gasteiger partial charge in [0.2, 0.25) is 5.91 Å². The van der Waals surface area contributed by atoms with E-state index in [9.17, 15) is 10.1 Å². The van der Waals surface area contributed by atoms with Crippen molar-refractivity contribution in [3.63, 3.8) is 0 Å². The van der Waals surface area contributed by atoms with Crippen molar-refractivity contribution in [1.29, 1.82) is 5.26 Å². The van der Waals surface area contributed by atoms with Crippen molar-refractivity contribution in [2.24, 2.45) is 0 Å². The third-order valence-electron chi connectivity index (χ3n) is 3.78. The number of rotatable bonds is 6. The molecule has 5 nitrogen and oxygen atoms in total. The van der Waals surface area contributed by atoms with Gasteiger partial charge in [-0.15, -0.1) is 0 Å². The summed E-state index contributed by atoms with van der Waals surface area (Å²) in [5.41, 5.74) is 2.25. The Morgan fingerprint density at radius 1 is 1.23 bits per heavy atom. The molecule has 6 heteroatoms. The highest BCUT2D eigenvalue weighted by Gasteiger charge is 2.11. The van der Waals surface area contributed by atoms with Crippen molar-refractivity contribution < 1.29 is 9.53 Å². The zero-order chi connectivity index (χ0) is 18.4. The monoisotopic (exact) mass is 363 g/mol. The summed E-state index contributed by atoms with van der Waals surface area (Å²) in [5.74, 6) is 0.819. The molecule has 2 aromatic carbocycles. The van der Waals surface area contributed by atoms with E-state index in [-0.39, 0.29) is 11.7 Å². The van der Waals surface area contributed by atoms with E-state index in [1.54, 1.807) is 13.2 Å². The number of hydrogen-bond donors (Lipinski definition) is 1. The second kappa shape index (κ2) is 8.37. The van der Waals surface area contributed by atoms with Crippen LogP contribution >= 0.6 is 11.8 Å². The molecule has 0 bridgehead atoms. The molecule has 1 N–H and O–H groups in total. The Labute approximate surface area is 156 Å². The van der Waals surface area contributed by atoms with Gasteiger partial charge in [0.25, 0.3) is 0 Å². The standard InChI is InChI=1S/C20H17N3O2S/c1-25-17-7-8-18-15(10-17)9-16(11-21)20(23-18)26-13-19(24)22-12-14-5-3-2-4-6-14/h2-10H,12-13H2,1H3,(H,22,24). The highest BCUT2D eigenvalue weighted by molar-refractivity contribution is 8.00. The number of methoxy groups -OCH3 is 1. The molecule has 0 fully saturated rings. The molecule has 0 aliphatic rings. The van der Waals surface area contributed by atoms with Crippen LogP contribution in [-0.2, 0) is 11.3 Å². The molecule has 0 radical (unpaired) electrons. The van der Waals surface area contributed by atoms with Gasteiger partial charge in [0, 0.05) is 11.9 Å². The Kier molecular flexibility index (Phi) is 5.72. The van der Waals surface area contributed by atoms with Gasteiger partial charge >= 0.3 is 0 Å². The molecule has 0 aliphatic carbocycles. The normalized spacial score (nSPS) is 10.3. The Hall–Kier alpha value is -3.04. The van der Waals surface area contributed by atoms with Crippen LogP contribution in [0.5, 0.6) is 5.75 Å². The van der Waals surface area contributed by atoms with E-state index in [1.165, 1.54) is 11.8 Å². The highest BCUT2D eigenvalue weighted by Crippen LogP contribution is 2.26. The number of amides is 1. The third-order valence-corrected chi connectivity index (χ3v) is 4.77. The van der Waals surface area contributed by atoms with E-state index < -0.39 is 0 Å². The van der Waals surface area contributed by atoms with Gasteiger partial charge in [-0.3, -0.25) is 4.79 Å². The number of aromatic nitrogens is 1. The molecule has 1 heterocycles. The first-order valence-corrected chi connectivity index (χ1v) is 9.00. The number of carbonyl (C=O) groups excluding carboxylic acids is 1. The van der Waals surface area contributed by atoms with Crippen molar-refractivity contribution in [3.05, 3.63) is 65.7 Å². The van der Waals surface area contributed by atoms with Gasteiger partial charge in [-0.05, 0) is 29.8 Å². The average Bonchev–Trinajstić information content (AvgIpc) is 2.70. The van der Waals surface area contributed by atoms with Crippen LogP contribution in [0, 0.1) is 11.3 Å². The van der Waals surface area contributed by atoms with Crippen LogP contribution in [-0.4, -0.2) is 23.8 Å². The van der Waals surface area contributed by atoms with Gasteiger partial charge in [0.1, 0.15) is 16.8 Å². The van der Waals surface area contributed by atoms with Crippen LogP contribution in [0.4, 0.5) is 0 Å². The summed E-state index contributed by atoms with van der Waals surface area (Å²) < 4.78 is 5.20. The number of ether oxygens (including phenoxy) is 1. The average molecular weight is 363 g/mol. The molecule has 0 aliphatic heterocycles. The van der Waals surface area contributed by atoms with E-state index in [1.807, 2.05) is 48.5 Å². The Bertz CT molecular complexity index is 968. The fraction of sp³-hybridized carbons (Fsp3) is 0.150. The second-order valence-corrected chi connectivity index (χ2v) is 6.53. The molecule has 26 heavy (non-hydrogen) atoms. The molecular weight excluding hydrogens is 346 g/mol. The number of nitrogens with one attached hydrogen (secondary N) is 1. The van der Waals surface area contributed by atoms with Gasteiger partial charge in [-0.25, -0.2) is 4.98 Å². The minimum absolute atomic E-state index is 0.0978. The summed E-state index contributed by atoms with van der Waals surface area (Å²) in [7, 11) is 1.60. The van der Waals surface area contributed by atoms with Gasteiger partial charge in [0.05, 0.1) is 23.9 Å². The third kappa shape index (κ3) is 4.32. The number of hydrogen-bond acceptors (Lipinski definition) is 5.